The Kier molecular flexibility index (Phi) is 6.50. The van der Waals surface area contributed by atoms with Gasteiger partial charge in [0.05, 0.1) is 6.61 Å². The molecule has 1 unspecified atom stereocenters. The molecule has 1 atom stereocenters. The quantitative estimate of drug-likeness (QED) is 0.332. The lowest BCUT2D eigenvalue weighted by Gasteiger charge is -2.12. The van der Waals surface area contributed by atoms with E-state index in [1.165, 1.54) is 0 Å². The first-order valence-electron chi connectivity index (χ1n) is 6.70. The van der Waals surface area contributed by atoms with Crippen LogP contribution < -0.4 is 4.74 Å². The van der Waals surface area contributed by atoms with Crippen molar-refractivity contribution in [1.29, 1.82) is 0 Å². The maximum Gasteiger partial charge on any atom is 0.325 e. The number of esters is 2. The summed E-state index contributed by atoms with van der Waals surface area (Å²) >= 11 is 0. The summed E-state index contributed by atoms with van der Waals surface area (Å²) in [7, 11) is 0. The molecule has 4 heteroatoms. The van der Waals surface area contributed by atoms with E-state index in [0.29, 0.717) is 12.2 Å². The Hall–Kier alpha value is -2.10. The molecule has 108 valence electrons. The Labute approximate surface area is 119 Å². The van der Waals surface area contributed by atoms with Crippen LogP contribution in [0.5, 0.6) is 5.75 Å². The number of carbonyl (C=O) groups is 2. The number of hydrogen-bond donors (Lipinski definition) is 0. The van der Waals surface area contributed by atoms with Crippen LogP contribution >= 0.6 is 0 Å². The average molecular weight is 276 g/mol. The first-order valence-corrected chi connectivity index (χ1v) is 6.70. The molecule has 0 radical (unpaired) electrons. The Morgan fingerprint density at radius 1 is 1.20 bits per heavy atom. The smallest absolute Gasteiger partial charge is 0.325 e. The highest BCUT2D eigenvalue weighted by atomic mass is 16.6. The molecule has 0 spiro atoms. The van der Waals surface area contributed by atoms with Crippen LogP contribution in [0.4, 0.5) is 0 Å². The van der Waals surface area contributed by atoms with E-state index >= 15 is 0 Å². The zero-order chi connectivity index (χ0) is 15.0. The molecule has 0 fully saturated rings. The monoisotopic (exact) mass is 276 g/mol. The van der Waals surface area contributed by atoms with Gasteiger partial charge in [0.25, 0.3) is 0 Å². The molecule has 0 aliphatic heterocycles. The molecular formula is C16H20O4. The van der Waals surface area contributed by atoms with Crippen LogP contribution in [0.1, 0.15) is 25.8 Å². The van der Waals surface area contributed by atoms with Gasteiger partial charge in [-0.1, -0.05) is 25.1 Å². The average Bonchev–Trinajstić information content (AvgIpc) is 2.42. The predicted molar refractivity (Wildman–Crippen MR) is 76.4 cm³/mol. The van der Waals surface area contributed by atoms with Crippen LogP contribution in [0.3, 0.4) is 0 Å². The van der Waals surface area contributed by atoms with Crippen molar-refractivity contribution >= 4 is 11.9 Å². The summed E-state index contributed by atoms with van der Waals surface area (Å²) in [5, 5.41) is 0. The number of carbonyl (C=O) groups excluding carboxylic acids is 2. The normalized spacial score (nSPS) is 11.5. The fraction of sp³-hybridized carbons (Fsp3) is 0.375. The van der Waals surface area contributed by atoms with Gasteiger partial charge in [0.15, 0.2) is 5.92 Å². The molecule has 0 aliphatic rings. The van der Waals surface area contributed by atoms with Crippen molar-refractivity contribution in [3.05, 3.63) is 42.5 Å². The number of ether oxygens (including phenoxy) is 2. The molecule has 0 saturated carbocycles. The van der Waals surface area contributed by atoms with Crippen LogP contribution in [0.25, 0.3) is 0 Å². The first kappa shape index (κ1) is 16.0. The van der Waals surface area contributed by atoms with Gasteiger partial charge in [0, 0.05) is 0 Å². The van der Waals surface area contributed by atoms with Crippen LogP contribution in [-0.4, -0.2) is 18.5 Å². The molecule has 0 N–H and O–H groups in total. The second-order valence-corrected chi connectivity index (χ2v) is 4.27. The highest BCUT2D eigenvalue weighted by Crippen LogP contribution is 2.16. The van der Waals surface area contributed by atoms with E-state index in [9.17, 15) is 9.59 Å². The lowest BCUT2D eigenvalue weighted by Crippen LogP contribution is -2.29. The molecule has 0 aliphatic carbocycles. The lowest BCUT2D eigenvalue weighted by atomic mass is 10.1. The standard InChI is InChI=1S/C16H20O4/c1-4-7-12-8-10-13(11-9-12)20-16(18)14(5-2)15(17)19-6-3/h4,8-11,14H,1,5-7H2,2-3H3. The van der Waals surface area contributed by atoms with Gasteiger partial charge in [0.2, 0.25) is 0 Å². The number of benzene rings is 1. The third kappa shape index (κ3) is 4.53. The van der Waals surface area contributed by atoms with E-state index in [0.717, 1.165) is 12.0 Å². The minimum absolute atomic E-state index is 0.249. The summed E-state index contributed by atoms with van der Waals surface area (Å²) in [6.45, 7) is 7.36. The second kappa shape index (κ2) is 8.15. The van der Waals surface area contributed by atoms with Crippen molar-refractivity contribution in [2.24, 2.45) is 5.92 Å². The summed E-state index contributed by atoms with van der Waals surface area (Å²) in [4.78, 5) is 23.5. The molecule has 0 saturated heterocycles. The lowest BCUT2D eigenvalue weighted by molar-refractivity contribution is -0.157. The molecule has 1 aromatic carbocycles. The van der Waals surface area contributed by atoms with E-state index in [4.69, 9.17) is 9.47 Å². The molecule has 20 heavy (non-hydrogen) atoms. The van der Waals surface area contributed by atoms with Gasteiger partial charge in [-0.15, -0.1) is 6.58 Å². The van der Waals surface area contributed by atoms with Gasteiger partial charge in [-0.3, -0.25) is 9.59 Å². The number of allylic oxidation sites excluding steroid dienone is 1. The van der Waals surface area contributed by atoms with Crippen LogP contribution in [0.15, 0.2) is 36.9 Å². The molecule has 0 bridgehead atoms. The minimum Gasteiger partial charge on any atom is -0.465 e. The minimum atomic E-state index is -0.872. The molecule has 0 amide bonds. The van der Waals surface area contributed by atoms with Crippen molar-refractivity contribution in [1.82, 2.24) is 0 Å². The maximum absolute atomic E-state index is 11.9. The first-order chi connectivity index (χ1) is 9.62. The zero-order valence-electron chi connectivity index (χ0n) is 11.9. The van der Waals surface area contributed by atoms with Crippen molar-refractivity contribution in [3.8, 4) is 5.75 Å². The van der Waals surface area contributed by atoms with Crippen molar-refractivity contribution < 1.29 is 19.1 Å². The van der Waals surface area contributed by atoms with E-state index in [1.54, 1.807) is 32.1 Å². The maximum atomic E-state index is 11.9. The summed E-state index contributed by atoms with van der Waals surface area (Å²) in [5.74, 6) is -1.57. The Morgan fingerprint density at radius 3 is 2.35 bits per heavy atom. The Morgan fingerprint density at radius 2 is 1.85 bits per heavy atom. The van der Waals surface area contributed by atoms with E-state index in [2.05, 4.69) is 6.58 Å². The highest BCUT2D eigenvalue weighted by Gasteiger charge is 2.28. The van der Waals surface area contributed by atoms with Gasteiger partial charge in [-0.2, -0.15) is 0 Å². The van der Waals surface area contributed by atoms with Gasteiger partial charge < -0.3 is 9.47 Å². The fourth-order valence-electron chi connectivity index (χ4n) is 1.72. The molecule has 0 aromatic heterocycles. The predicted octanol–water partition coefficient (Wildman–Crippen LogP) is 2.91. The van der Waals surface area contributed by atoms with Crippen molar-refractivity contribution in [2.75, 3.05) is 6.61 Å². The third-order valence-corrected chi connectivity index (χ3v) is 2.79. The third-order valence-electron chi connectivity index (χ3n) is 2.79. The fourth-order valence-corrected chi connectivity index (χ4v) is 1.72. The summed E-state index contributed by atoms with van der Waals surface area (Å²) in [6, 6.07) is 7.12. The molecule has 1 rings (SSSR count). The SMILES string of the molecule is C=CCc1ccc(OC(=O)C(CC)C(=O)OCC)cc1. The Bertz CT molecular complexity index is 462. The Balaban J connectivity index is 2.68. The molecule has 0 heterocycles. The van der Waals surface area contributed by atoms with E-state index in [1.807, 2.05) is 12.1 Å². The van der Waals surface area contributed by atoms with Gasteiger partial charge in [-0.05, 0) is 37.5 Å². The van der Waals surface area contributed by atoms with Gasteiger partial charge in [0.1, 0.15) is 5.75 Å². The second-order valence-electron chi connectivity index (χ2n) is 4.27. The molecule has 4 nitrogen and oxygen atoms in total. The van der Waals surface area contributed by atoms with Crippen molar-refractivity contribution in [3.63, 3.8) is 0 Å². The van der Waals surface area contributed by atoms with Crippen LogP contribution in [-0.2, 0) is 20.7 Å². The zero-order valence-corrected chi connectivity index (χ0v) is 11.9. The summed E-state index contributed by atoms with van der Waals surface area (Å²) < 4.78 is 10.1. The van der Waals surface area contributed by atoms with Gasteiger partial charge in [-0.25, -0.2) is 0 Å². The van der Waals surface area contributed by atoms with Crippen LogP contribution in [0, 0.1) is 5.92 Å². The number of rotatable bonds is 7. The van der Waals surface area contributed by atoms with E-state index in [-0.39, 0.29) is 6.61 Å². The van der Waals surface area contributed by atoms with Crippen LogP contribution in [0.2, 0.25) is 0 Å². The van der Waals surface area contributed by atoms with Crippen molar-refractivity contribution in [2.45, 2.75) is 26.7 Å². The van der Waals surface area contributed by atoms with Gasteiger partial charge >= 0.3 is 11.9 Å². The van der Waals surface area contributed by atoms with E-state index < -0.39 is 17.9 Å². The summed E-state index contributed by atoms with van der Waals surface area (Å²) in [6.07, 6.45) is 2.91. The molecular weight excluding hydrogens is 256 g/mol. The topological polar surface area (TPSA) is 52.6 Å². The summed E-state index contributed by atoms with van der Waals surface area (Å²) in [5.41, 5.74) is 1.08. The number of hydrogen-bond acceptors (Lipinski definition) is 4. The highest BCUT2D eigenvalue weighted by molar-refractivity contribution is 5.95. The largest absolute Gasteiger partial charge is 0.465 e. The molecule has 1 aromatic rings.